The van der Waals surface area contributed by atoms with Crippen LogP contribution in [-0.4, -0.2) is 41.6 Å². The first-order chi connectivity index (χ1) is 13.2. The minimum absolute atomic E-state index is 0.0579. The summed E-state index contributed by atoms with van der Waals surface area (Å²) in [7, 11) is 0. The largest absolute Gasteiger partial charge is 0.378 e. The molecule has 0 radical (unpaired) electrons. The molecule has 0 N–H and O–H groups in total. The van der Waals surface area contributed by atoms with Crippen molar-refractivity contribution < 1.29 is 9.13 Å². The van der Waals surface area contributed by atoms with E-state index >= 15 is 0 Å². The summed E-state index contributed by atoms with van der Waals surface area (Å²) in [6.07, 6.45) is 0.900. The van der Waals surface area contributed by atoms with Crippen molar-refractivity contribution >= 4 is 39.3 Å². The number of aromatic nitrogens is 2. The van der Waals surface area contributed by atoms with Crippen molar-refractivity contribution in [3.8, 4) is 5.69 Å². The van der Waals surface area contributed by atoms with Crippen molar-refractivity contribution in [3.63, 3.8) is 0 Å². The standard InChI is InChI=1S/C19H18FN3O2S2/c20-12-1-3-13(4-2-12)23-18(24)16-14-5-10-26-11-15(14)27-17(16)21-19(23)22-6-8-25-9-7-22/h1-4H,5-11H2. The van der Waals surface area contributed by atoms with Gasteiger partial charge in [0, 0.05) is 23.7 Å². The van der Waals surface area contributed by atoms with Gasteiger partial charge in [-0.15, -0.1) is 11.3 Å². The van der Waals surface area contributed by atoms with Gasteiger partial charge in [-0.3, -0.25) is 4.79 Å². The number of thiophene rings is 1. The third-order valence-corrected chi connectivity index (χ3v) is 7.29. The number of rotatable bonds is 2. The van der Waals surface area contributed by atoms with Gasteiger partial charge in [0.1, 0.15) is 10.6 Å². The maximum Gasteiger partial charge on any atom is 0.268 e. The summed E-state index contributed by atoms with van der Waals surface area (Å²) in [5.41, 5.74) is 1.73. The molecular formula is C19H18FN3O2S2. The fraction of sp³-hybridized carbons (Fsp3) is 0.368. The number of nitrogens with zero attached hydrogens (tertiary/aromatic N) is 3. The van der Waals surface area contributed by atoms with Crippen LogP contribution < -0.4 is 10.5 Å². The Morgan fingerprint density at radius 1 is 1.15 bits per heavy atom. The van der Waals surface area contributed by atoms with E-state index in [0.29, 0.717) is 37.9 Å². The summed E-state index contributed by atoms with van der Waals surface area (Å²) in [6, 6.07) is 6.05. The molecule has 0 saturated carbocycles. The number of halogens is 1. The first kappa shape index (κ1) is 17.2. The monoisotopic (exact) mass is 403 g/mol. The number of hydrogen-bond acceptors (Lipinski definition) is 6. The van der Waals surface area contributed by atoms with Crippen LogP contribution in [0.3, 0.4) is 0 Å². The van der Waals surface area contributed by atoms with Crippen LogP contribution in [0.25, 0.3) is 15.9 Å². The highest BCUT2D eigenvalue weighted by Gasteiger charge is 2.25. The van der Waals surface area contributed by atoms with E-state index in [1.54, 1.807) is 28.0 Å². The van der Waals surface area contributed by atoms with Gasteiger partial charge in [-0.25, -0.2) is 13.9 Å². The molecule has 8 heteroatoms. The zero-order chi connectivity index (χ0) is 18.4. The molecule has 140 valence electrons. The number of hydrogen-bond donors (Lipinski definition) is 0. The second kappa shape index (κ2) is 6.92. The number of anilines is 1. The molecule has 0 spiro atoms. The minimum atomic E-state index is -0.321. The Morgan fingerprint density at radius 2 is 1.93 bits per heavy atom. The van der Waals surface area contributed by atoms with E-state index in [9.17, 15) is 9.18 Å². The number of aryl methyl sites for hydroxylation is 1. The van der Waals surface area contributed by atoms with Crippen molar-refractivity contribution in [2.24, 2.45) is 0 Å². The predicted molar refractivity (Wildman–Crippen MR) is 108 cm³/mol. The molecule has 2 aliphatic rings. The zero-order valence-electron chi connectivity index (χ0n) is 14.6. The van der Waals surface area contributed by atoms with Gasteiger partial charge in [-0.1, -0.05) is 0 Å². The second-order valence-corrected chi connectivity index (χ2v) is 8.80. The van der Waals surface area contributed by atoms with Crippen molar-refractivity contribution in [2.45, 2.75) is 12.2 Å². The quantitative estimate of drug-likeness (QED) is 0.658. The Morgan fingerprint density at radius 3 is 2.70 bits per heavy atom. The third-order valence-electron chi connectivity index (χ3n) is 5.00. The van der Waals surface area contributed by atoms with Crippen LogP contribution in [0.2, 0.25) is 0 Å². The normalized spacial score (nSPS) is 17.3. The van der Waals surface area contributed by atoms with Crippen LogP contribution in [0, 0.1) is 5.82 Å². The fourth-order valence-corrected chi connectivity index (χ4v) is 6.00. The molecule has 0 aliphatic carbocycles. The summed E-state index contributed by atoms with van der Waals surface area (Å²) in [5, 5.41) is 0.733. The molecule has 1 aromatic carbocycles. The smallest absolute Gasteiger partial charge is 0.268 e. The molecule has 0 bridgehead atoms. The molecule has 0 atom stereocenters. The van der Waals surface area contributed by atoms with Crippen LogP contribution in [-0.2, 0) is 16.9 Å². The molecule has 1 fully saturated rings. The van der Waals surface area contributed by atoms with E-state index in [2.05, 4.69) is 4.90 Å². The van der Waals surface area contributed by atoms with Gasteiger partial charge in [0.2, 0.25) is 5.95 Å². The lowest BCUT2D eigenvalue weighted by Crippen LogP contribution is -2.40. The Bertz CT molecular complexity index is 1060. The Labute approximate surface area is 163 Å². The average molecular weight is 404 g/mol. The topological polar surface area (TPSA) is 47.4 Å². The van der Waals surface area contributed by atoms with E-state index < -0.39 is 0 Å². The van der Waals surface area contributed by atoms with Crippen molar-refractivity contribution in [2.75, 3.05) is 37.0 Å². The van der Waals surface area contributed by atoms with Crippen LogP contribution in [0.5, 0.6) is 0 Å². The highest BCUT2D eigenvalue weighted by atomic mass is 32.2. The molecule has 27 heavy (non-hydrogen) atoms. The van der Waals surface area contributed by atoms with Gasteiger partial charge in [0.25, 0.3) is 5.56 Å². The van der Waals surface area contributed by atoms with Gasteiger partial charge in [-0.2, -0.15) is 11.8 Å². The number of thioether (sulfide) groups is 1. The molecule has 2 aliphatic heterocycles. The second-order valence-electron chi connectivity index (χ2n) is 6.61. The van der Waals surface area contributed by atoms with E-state index in [-0.39, 0.29) is 11.4 Å². The van der Waals surface area contributed by atoms with E-state index in [0.717, 1.165) is 33.7 Å². The molecular weight excluding hydrogens is 385 g/mol. The lowest BCUT2D eigenvalue weighted by Gasteiger charge is -2.29. The zero-order valence-corrected chi connectivity index (χ0v) is 16.2. The molecule has 1 saturated heterocycles. The lowest BCUT2D eigenvalue weighted by atomic mass is 10.1. The third kappa shape index (κ3) is 2.96. The number of fused-ring (bicyclic) bond motifs is 3. The molecule has 5 nitrogen and oxygen atoms in total. The van der Waals surface area contributed by atoms with E-state index in [1.165, 1.54) is 17.0 Å². The summed E-state index contributed by atoms with van der Waals surface area (Å²) >= 11 is 3.53. The molecule has 5 rings (SSSR count). The molecule has 0 unspecified atom stereocenters. The van der Waals surface area contributed by atoms with E-state index in [1.807, 2.05) is 11.8 Å². The Balaban J connectivity index is 1.79. The van der Waals surface area contributed by atoms with Gasteiger partial charge in [0.05, 0.1) is 24.3 Å². The van der Waals surface area contributed by atoms with Crippen LogP contribution in [0.15, 0.2) is 29.1 Å². The molecule has 2 aromatic heterocycles. The Kier molecular flexibility index (Phi) is 4.41. The maximum absolute atomic E-state index is 13.6. The summed E-state index contributed by atoms with van der Waals surface area (Å²) < 4.78 is 20.6. The van der Waals surface area contributed by atoms with Gasteiger partial charge in [-0.05, 0) is 42.0 Å². The number of ether oxygens (including phenoxy) is 1. The first-order valence-electron chi connectivity index (χ1n) is 8.96. The number of morpholine rings is 1. The summed E-state index contributed by atoms with van der Waals surface area (Å²) in [5.74, 6) is 2.27. The van der Waals surface area contributed by atoms with Crippen LogP contribution in [0.4, 0.5) is 10.3 Å². The summed E-state index contributed by atoms with van der Waals surface area (Å²) in [6.45, 7) is 2.57. The number of benzene rings is 1. The molecule has 3 aromatic rings. The minimum Gasteiger partial charge on any atom is -0.378 e. The van der Waals surface area contributed by atoms with Crippen LogP contribution >= 0.6 is 23.1 Å². The fourth-order valence-electron chi connectivity index (χ4n) is 3.66. The van der Waals surface area contributed by atoms with Gasteiger partial charge in [0.15, 0.2) is 0 Å². The highest BCUT2D eigenvalue weighted by Crippen LogP contribution is 2.36. The van der Waals surface area contributed by atoms with Crippen molar-refractivity contribution in [3.05, 3.63) is 50.9 Å². The van der Waals surface area contributed by atoms with Gasteiger partial charge < -0.3 is 9.64 Å². The van der Waals surface area contributed by atoms with Crippen molar-refractivity contribution in [1.29, 1.82) is 0 Å². The average Bonchev–Trinajstić information content (AvgIpc) is 3.08. The van der Waals surface area contributed by atoms with E-state index in [4.69, 9.17) is 9.72 Å². The molecule has 0 amide bonds. The maximum atomic E-state index is 13.6. The van der Waals surface area contributed by atoms with Gasteiger partial charge >= 0.3 is 0 Å². The van der Waals surface area contributed by atoms with Crippen LogP contribution in [0.1, 0.15) is 10.4 Å². The lowest BCUT2D eigenvalue weighted by molar-refractivity contribution is 0.122. The predicted octanol–water partition coefficient (Wildman–Crippen LogP) is 3.21. The SMILES string of the molecule is O=c1c2c3c(sc2nc(N2CCOCC2)n1-c1ccc(F)cc1)CSCC3. The van der Waals surface area contributed by atoms with Crippen molar-refractivity contribution in [1.82, 2.24) is 9.55 Å². The Hall–Kier alpha value is -1.90. The summed E-state index contributed by atoms with van der Waals surface area (Å²) in [4.78, 5) is 22.7. The first-order valence-corrected chi connectivity index (χ1v) is 10.9. The highest BCUT2D eigenvalue weighted by molar-refractivity contribution is 7.98. The molecule has 4 heterocycles.